The van der Waals surface area contributed by atoms with Crippen molar-refractivity contribution in [3.8, 4) is 5.75 Å². The van der Waals surface area contributed by atoms with Crippen LogP contribution in [0.2, 0.25) is 0 Å². The minimum atomic E-state index is -0.378. The summed E-state index contributed by atoms with van der Waals surface area (Å²) >= 11 is 0. The maximum absolute atomic E-state index is 12.3. The van der Waals surface area contributed by atoms with E-state index in [-0.39, 0.29) is 17.7 Å². The van der Waals surface area contributed by atoms with Gasteiger partial charge in [0.2, 0.25) is 5.91 Å². The van der Waals surface area contributed by atoms with Crippen molar-refractivity contribution in [1.29, 1.82) is 0 Å². The lowest BCUT2D eigenvalue weighted by Crippen LogP contribution is -2.49. The maximum Gasteiger partial charge on any atom is 0.273 e. The summed E-state index contributed by atoms with van der Waals surface area (Å²) in [5, 5.41) is 0. The summed E-state index contributed by atoms with van der Waals surface area (Å²) in [7, 11) is 1.51. The Morgan fingerprint density at radius 2 is 2.09 bits per heavy atom. The van der Waals surface area contributed by atoms with Crippen LogP contribution in [0.5, 0.6) is 5.75 Å². The monoisotopic (exact) mass is 319 g/mol. The Labute approximate surface area is 137 Å². The summed E-state index contributed by atoms with van der Waals surface area (Å²) < 4.78 is 5.15. The normalized spacial score (nSPS) is 18.3. The van der Waals surface area contributed by atoms with Crippen molar-refractivity contribution in [3.63, 3.8) is 0 Å². The van der Waals surface area contributed by atoms with Gasteiger partial charge in [0.1, 0.15) is 5.75 Å². The van der Waals surface area contributed by atoms with Gasteiger partial charge >= 0.3 is 0 Å². The van der Waals surface area contributed by atoms with Crippen LogP contribution in [0.3, 0.4) is 0 Å². The highest BCUT2D eigenvalue weighted by Gasteiger charge is 2.25. The summed E-state index contributed by atoms with van der Waals surface area (Å²) in [4.78, 5) is 26.7. The van der Waals surface area contributed by atoms with Crippen LogP contribution in [0.25, 0.3) is 0 Å². The van der Waals surface area contributed by atoms with Gasteiger partial charge in [-0.2, -0.15) is 0 Å². The highest BCUT2D eigenvalue weighted by molar-refractivity contribution is 5.98. The Bertz CT molecular complexity index is 546. The first kappa shape index (κ1) is 17.3. The number of carbonyl (C=O) groups excluding carboxylic acids is 2. The van der Waals surface area contributed by atoms with Crippen LogP contribution in [-0.2, 0) is 4.79 Å². The lowest BCUT2D eigenvalue weighted by atomic mass is 9.97. The van der Waals surface area contributed by atoms with E-state index >= 15 is 0 Å². The zero-order valence-corrected chi connectivity index (χ0v) is 13.8. The topological polar surface area (TPSA) is 70.7 Å². The molecular weight excluding hydrogens is 294 g/mol. The van der Waals surface area contributed by atoms with Crippen molar-refractivity contribution < 1.29 is 14.3 Å². The van der Waals surface area contributed by atoms with E-state index in [1.807, 2.05) is 0 Å². The number of piperidine rings is 1. The van der Waals surface area contributed by atoms with Gasteiger partial charge in [0, 0.05) is 6.54 Å². The summed E-state index contributed by atoms with van der Waals surface area (Å²) in [5.41, 5.74) is 5.42. The van der Waals surface area contributed by atoms with E-state index in [4.69, 9.17) is 4.74 Å². The highest BCUT2D eigenvalue weighted by atomic mass is 16.5. The van der Waals surface area contributed by atoms with Crippen molar-refractivity contribution in [2.75, 3.05) is 26.7 Å². The van der Waals surface area contributed by atoms with E-state index in [1.54, 1.807) is 24.3 Å². The fraction of sp³-hybridized carbons (Fsp3) is 0.529. The van der Waals surface area contributed by atoms with Crippen molar-refractivity contribution in [3.05, 3.63) is 29.8 Å². The molecule has 2 N–H and O–H groups in total. The van der Waals surface area contributed by atoms with E-state index in [0.29, 0.717) is 11.3 Å². The fourth-order valence-corrected chi connectivity index (χ4v) is 2.91. The van der Waals surface area contributed by atoms with Crippen molar-refractivity contribution >= 4 is 11.8 Å². The Kier molecular flexibility index (Phi) is 6.40. The molecule has 1 aromatic carbocycles. The minimum absolute atomic E-state index is 0.0757. The molecule has 6 heteroatoms. The van der Waals surface area contributed by atoms with Crippen molar-refractivity contribution in [2.24, 2.45) is 5.92 Å². The number of methoxy groups -OCH3 is 1. The first-order valence-electron chi connectivity index (χ1n) is 8.11. The van der Waals surface area contributed by atoms with E-state index in [2.05, 4.69) is 22.7 Å². The lowest BCUT2D eigenvalue weighted by Gasteiger charge is -2.31. The molecule has 0 radical (unpaired) electrons. The van der Waals surface area contributed by atoms with Crippen molar-refractivity contribution in [2.45, 2.75) is 26.2 Å². The second-order valence-corrected chi connectivity index (χ2v) is 5.78. The molecule has 1 aliphatic rings. The van der Waals surface area contributed by atoms with Gasteiger partial charge in [0.25, 0.3) is 5.91 Å². The molecule has 23 heavy (non-hydrogen) atoms. The number of hydrogen-bond acceptors (Lipinski definition) is 4. The number of likely N-dealkylation sites (tertiary alicyclic amines) is 1. The predicted molar refractivity (Wildman–Crippen MR) is 88.1 cm³/mol. The lowest BCUT2D eigenvalue weighted by molar-refractivity contribution is -0.127. The average molecular weight is 319 g/mol. The standard InChI is InChI=1S/C17H25N3O3/c1-3-10-20-11-6-7-13(12-20)16(21)18-19-17(22)14-8-4-5-9-15(14)23-2/h4-5,8-9,13H,3,6-7,10-12H2,1-2H3,(H,18,21)(H,19,22). The van der Waals surface area contributed by atoms with Crippen LogP contribution in [0, 0.1) is 5.92 Å². The molecule has 1 heterocycles. The smallest absolute Gasteiger partial charge is 0.273 e. The number of ether oxygens (including phenoxy) is 1. The number of rotatable bonds is 5. The number of hydrazine groups is 1. The average Bonchev–Trinajstić information content (AvgIpc) is 2.59. The summed E-state index contributed by atoms with van der Waals surface area (Å²) in [6, 6.07) is 6.91. The first-order chi connectivity index (χ1) is 11.2. The molecule has 0 saturated carbocycles. The van der Waals surface area contributed by atoms with E-state index in [1.165, 1.54) is 7.11 Å². The van der Waals surface area contributed by atoms with Gasteiger partial charge in [0.15, 0.2) is 0 Å². The zero-order valence-electron chi connectivity index (χ0n) is 13.8. The number of nitrogens with one attached hydrogen (secondary N) is 2. The van der Waals surface area contributed by atoms with Crippen molar-refractivity contribution in [1.82, 2.24) is 15.8 Å². The minimum Gasteiger partial charge on any atom is -0.496 e. The number of para-hydroxylation sites is 1. The highest BCUT2D eigenvalue weighted by Crippen LogP contribution is 2.18. The van der Waals surface area contributed by atoms with Crippen LogP contribution in [0.1, 0.15) is 36.5 Å². The van der Waals surface area contributed by atoms with Crippen LogP contribution < -0.4 is 15.6 Å². The first-order valence-corrected chi connectivity index (χ1v) is 8.11. The molecule has 1 aromatic rings. The Balaban J connectivity index is 1.87. The third-order valence-electron chi connectivity index (χ3n) is 4.07. The summed E-state index contributed by atoms with van der Waals surface area (Å²) in [6.07, 6.45) is 2.95. The molecule has 1 saturated heterocycles. The van der Waals surface area contributed by atoms with Crippen LogP contribution in [0.4, 0.5) is 0 Å². The molecule has 6 nitrogen and oxygen atoms in total. The number of hydrogen-bond donors (Lipinski definition) is 2. The zero-order chi connectivity index (χ0) is 16.7. The van der Waals surface area contributed by atoms with Gasteiger partial charge in [-0.15, -0.1) is 0 Å². The van der Waals surface area contributed by atoms with E-state index in [9.17, 15) is 9.59 Å². The fourth-order valence-electron chi connectivity index (χ4n) is 2.91. The largest absolute Gasteiger partial charge is 0.496 e. The second-order valence-electron chi connectivity index (χ2n) is 5.78. The number of nitrogens with zero attached hydrogens (tertiary/aromatic N) is 1. The van der Waals surface area contributed by atoms with E-state index < -0.39 is 0 Å². The van der Waals surface area contributed by atoms with Crippen LogP contribution >= 0.6 is 0 Å². The second kappa shape index (κ2) is 8.53. The molecular formula is C17H25N3O3. The molecule has 1 fully saturated rings. The predicted octanol–water partition coefficient (Wildman–Crippen LogP) is 1.58. The van der Waals surface area contributed by atoms with E-state index in [0.717, 1.165) is 38.9 Å². The van der Waals surface area contributed by atoms with Gasteiger partial charge in [-0.3, -0.25) is 20.4 Å². The van der Waals surface area contributed by atoms with Crippen LogP contribution in [-0.4, -0.2) is 43.5 Å². The Morgan fingerprint density at radius 1 is 1.30 bits per heavy atom. The van der Waals surface area contributed by atoms with Gasteiger partial charge in [0.05, 0.1) is 18.6 Å². The summed E-state index contributed by atoms with van der Waals surface area (Å²) in [6.45, 7) is 4.95. The third kappa shape index (κ3) is 4.69. The molecule has 2 rings (SSSR count). The molecule has 2 amide bonds. The third-order valence-corrected chi connectivity index (χ3v) is 4.07. The molecule has 1 unspecified atom stereocenters. The summed E-state index contributed by atoms with van der Waals surface area (Å²) in [5.74, 6) is -0.106. The molecule has 1 aliphatic heterocycles. The van der Waals surface area contributed by atoms with Gasteiger partial charge in [-0.25, -0.2) is 0 Å². The van der Waals surface area contributed by atoms with Gasteiger partial charge in [-0.05, 0) is 44.5 Å². The van der Waals surface area contributed by atoms with Gasteiger partial charge < -0.3 is 9.64 Å². The molecule has 126 valence electrons. The molecule has 1 atom stereocenters. The Morgan fingerprint density at radius 3 is 2.83 bits per heavy atom. The maximum atomic E-state index is 12.3. The molecule has 0 bridgehead atoms. The number of carbonyl (C=O) groups is 2. The number of benzene rings is 1. The van der Waals surface area contributed by atoms with Gasteiger partial charge in [-0.1, -0.05) is 19.1 Å². The molecule has 0 aromatic heterocycles. The SMILES string of the molecule is CCCN1CCCC(C(=O)NNC(=O)c2ccccc2OC)C1. The molecule has 0 spiro atoms. The quantitative estimate of drug-likeness (QED) is 0.809. The molecule has 0 aliphatic carbocycles. The number of amides is 2. The Hall–Kier alpha value is -2.08. The van der Waals surface area contributed by atoms with Crippen LogP contribution in [0.15, 0.2) is 24.3 Å².